The van der Waals surface area contributed by atoms with Crippen molar-refractivity contribution < 1.29 is 4.79 Å². The van der Waals surface area contributed by atoms with E-state index < -0.39 is 0 Å². The van der Waals surface area contributed by atoms with Gasteiger partial charge in [0.1, 0.15) is 0 Å². The second-order valence-electron chi connectivity index (χ2n) is 6.79. The molecule has 1 amide bonds. The van der Waals surface area contributed by atoms with E-state index in [0.29, 0.717) is 11.8 Å². The number of hydrogen-bond donors (Lipinski definition) is 2. The third kappa shape index (κ3) is 3.73. The van der Waals surface area contributed by atoms with Gasteiger partial charge in [0.25, 0.3) is 0 Å². The Kier molecular flexibility index (Phi) is 4.94. The van der Waals surface area contributed by atoms with Gasteiger partial charge in [-0.3, -0.25) is 9.69 Å². The van der Waals surface area contributed by atoms with E-state index in [0.717, 1.165) is 57.5 Å². The monoisotopic (exact) mass is 279 g/mol. The fourth-order valence-corrected chi connectivity index (χ4v) is 4.00. The number of nitrogens with one attached hydrogen (secondary N) is 2. The Morgan fingerprint density at radius 1 is 1.15 bits per heavy atom. The summed E-state index contributed by atoms with van der Waals surface area (Å²) in [5, 5.41) is 6.52. The molecule has 3 fully saturated rings. The quantitative estimate of drug-likeness (QED) is 0.795. The summed E-state index contributed by atoms with van der Waals surface area (Å²) in [7, 11) is 0. The first-order chi connectivity index (χ1) is 9.84. The lowest BCUT2D eigenvalue weighted by molar-refractivity contribution is -0.122. The molecular formula is C16H29N3O. The molecule has 0 spiro atoms. The SMILES string of the molecule is O=C(NCCN1CCNCC1)C1CC1C1CCCCC1. The Morgan fingerprint density at radius 3 is 2.65 bits per heavy atom. The highest BCUT2D eigenvalue weighted by molar-refractivity contribution is 5.81. The van der Waals surface area contributed by atoms with Crippen LogP contribution in [0.5, 0.6) is 0 Å². The molecule has 0 radical (unpaired) electrons. The first-order valence-corrected chi connectivity index (χ1v) is 8.55. The predicted molar refractivity (Wildman–Crippen MR) is 80.5 cm³/mol. The van der Waals surface area contributed by atoms with Gasteiger partial charge in [0.05, 0.1) is 0 Å². The molecule has 0 aromatic carbocycles. The van der Waals surface area contributed by atoms with E-state index in [1.54, 1.807) is 0 Å². The Bertz CT molecular complexity index is 322. The second-order valence-corrected chi connectivity index (χ2v) is 6.79. The van der Waals surface area contributed by atoms with Crippen LogP contribution in [0.2, 0.25) is 0 Å². The van der Waals surface area contributed by atoms with E-state index in [1.165, 1.54) is 32.1 Å². The molecule has 2 saturated carbocycles. The summed E-state index contributed by atoms with van der Waals surface area (Å²) < 4.78 is 0. The fraction of sp³-hybridized carbons (Fsp3) is 0.938. The Morgan fingerprint density at radius 2 is 1.90 bits per heavy atom. The van der Waals surface area contributed by atoms with Gasteiger partial charge in [0.15, 0.2) is 0 Å². The highest BCUT2D eigenvalue weighted by atomic mass is 16.2. The molecule has 20 heavy (non-hydrogen) atoms. The first kappa shape index (κ1) is 14.3. The Labute approximate surface area is 122 Å². The maximum Gasteiger partial charge on any atom is 0.223 e. The van der Waals surface area contributed by atoms with E-state index in [1.807, 2.05) is 0 Å². The van der Waals surface area contributed by atoms with Gasteiger partial charge in [-0.15, -0.1) is 0 Å². The van der Waals surface area contributed by atoms with Gasteiger partial charge in [-0.1, -0.05) is 32.1 Å². The van der Waals surface area contributed by atoms with Crippen molar-refractivity contribution in [3.63, 3.8) is 0 Å². The molecule has 2 N–H and O–H groups in total. The molecule has 1 heterocycles. The molecule has 2 unspecified atom stereocenters. The van der Waals surface area contributed by atoms with Gasteiger partial charge >= 0.3 is 0 Å². The smallest absolute Gasteiger partial charge is 0.223 e. The Balaban J connectivity index is 1.31. The molecule has 3 aliphatic rings. The van der Waals surface area contributed by atoms with E-state index in [2.05, 4.69) is 15.5 Å². The zero-order valence-corrected chi connectivity index (χ0v) is 12.6. The molecule has 3 rings (SSSR count). The number of rotatable bonds is 5. The predicted octanol–water partition coefficient (Wildman–Crippen LogP) is 1.22. The molecule has 1 aliphatic heterocycles. The van der Waals surface area contributed by atoms with Crippen LogP contribution < -0.4 is 10.6 Å². The second kappa shape index (κ2) is 6.90. The van der Waals surface area contributed by atoms with Crippen molar-refractivity contribution in [2.24, 2.45) is 17.8 Å². The zero-order valence-electron chi connectivity index (χ0n) is 12.6. The van der Waals surface area contributed by atoms with Crippen LogP contribution in [0.4, 0.5) is 0 Å². The van der Waals surface area contributed by atoms with E-state index in [9.17, 15) is 4.79 Å². The Hall–Kier alpha value is -0.610. The molecule has 0 bridgehead atoms. The van der Waals surface area contributed by atoms with Crippen molar-refractivity contribution in [2.45, 2.75) is 38.5 Å². The van der Waals surface area contributed by atoms with Crippen molar-refractivity contribution in [3.05, 3.63) is 0 Å². The maximum absolute atomic E-state index is 12.2. The van der Waals surface area contributed by atoms with Crippen LogP contribution in [-0.4, -0.2) is 50.1 Å². The minimum absolute atomic E-state index is 0.329. The van der Waals surface area contributed by atoms with Crippen LogP contribution in [0.25, 0.3) is 0 Å². The lowest BCUT2D eigenvalue weighted by Gasteiger charge is -2.27. The van der Waals surface area contributed by atoms with Gasteiger partial charge in [0, 0.05) is 45.2 Å². The fourth-order valence-electron chi connectivity index (χ4n) is 4.00. The summed E-state index contributed by atoms with van der Waals surface area (Å²) in [4.78, 5) is 14.6. The molecular weight excluding hydrogens is 250 g/mol. The lowest BCUT2D eigenvalue weighted by Crippen LogP contribution is -2.46. The lowest BCUT2D eigenvalue weighted by atomic mass is 9.85. The summed E-state index contributed by atoms with van der Waals surface area (Å²) in [6.07, 6.45) is 8.08. The molecule has 0 aromatic rings. The van der Waals surface area contributed by atoms with Crippen molar-refractivity contribution in [3.8, 4) is 0 Å². The number of carbonyl (C=O) groups excluding carboxylic acids is 1. The molecule has 0 aromatic heterocycles. The summed E-state index contributed by atoms with van der Waals surface area (Å²) in [5.74, 6) is 2.25. The van der Waals surface area contributed by atoms with Crippen LogP contribution in [0.3, 0.4) is 0 Å². The highest BCUT2D eigenvalue weighted by Crippen LogP contribution is 2.49. The van der Waals surface area contributed by atoms with Gasteiger partial charge < -0.3 is 10.6 Å². The summed E-state index contributed by atoms with van der Waals surface area (Å²) in [6, 6.07) is 0. The number of hydrogen-bond acceptors (Lipinski definition) is 3. The average molecular weight is 279 g/mol. The third-order valence-corrected chi connectivity index (χ3v) is 5.37. The number of piperazine rings is 1. The maximum atomic E-state index is 12.2. The summed E-state index contributed by atoms with van der Waals surface area (Å²) in [6.45, 7) is 6.23. The molecule has 4 heteroatoms. The topological polar surface area (TPSA) is 44.4 Å². The van der Waals surface area contributed by atoms with Crippen molar-refractivity contribution >= 4 is 5.91 Å². The largest absolute Gasteiger partial charge is 0.355 e. The van der Waals surface area contributed by atoms with Crippen molar-refractivity contribution in [1.29, 1.82) is 0 Å². The van der Waals surface area contributed by atoms with Crippen molar-refractivity contribution in [1.82, 2.24) is 15.5 Å². The van der Waals surface area contributed by atoms with E-state index >= 15 is 0 Å². The number of carbonyl (C=O) groups is 1. The van der Waals surface area contributed by atoms with Gasteiger partial charge in [-0.25, -0.2) is 0 Å². The average Bonchev–Trinajstić information content (AvgIpc) is 3.30. The normalized spacial score (nSPS) is 32.0. The molecule has 2 aliphatic carbocycles. The van der Waals surface area contributed by atoms with Crippen LogP contribution in [0, 0.1) is 17.8 Å². The number of nitrogens with zero attached hydrogens (tertiary/aromatic N) is 1. The molecule has 1 saturated heterocycles. The first-order valence-electron chi connectivity index (χ1n) is 8.55. The van der Waals surface area contributed by atoms with Crippen LogP contribution in [0.15, 0.2) is 0 Å². The third-order valence-electron chi connectivity index (χ3n) is 5.37. The summed E-state index contributed by atoms with van der Waals surface area (Å²) >= 11 is 0. The standard InChI is InChI=1S/C16H29N3O/c20-16(18-8-11-19-9-6-17-7-10-19)15-12-14(15)13-4-2-1-3-5-13/h13-15,17H,1-12H2,(H,18,20). The van der Waals surface area contributed by atoms with Crippen LogP contribution >= 0.6 is 0 Å². The highest BCUT2D eigenvalue weighted by Gasteiger charge is 2.47. The van der Waals surface area contributed by atoms with E-state index in [-0.39, 0.29) is 0 Å². The molecule has 2 atom stereocenters. The zero-order chi connectivity index (χ0) is 13.8. The minimum Gasteiger partial charge on any atom is -0.355 e. The minimum atomic E-state index is 0.329. The van der Waals surface area contributed by atoms with Gasteiger partial charge in [0.2, 0.25) is 5.91 Å². The van der Waals surface area contributed by atoms with Crippen molar-refractivity contribution in [2.75, 3.05) is 39.3 Å². The van der Waals surface area contributed by atoms with Gasteiger partial charge in [-0.2, -0.15) is 0 Å². The van der Waals surface area contributed by atoms with Crippen LogP contribution in [-0.2, 0) is 4.79 Å². The van der Waals surface area contributed by atoms with E-state index in [4.69, 9.17) is 0 Å². The molecule has 4 nitrogen and oxygen atoms in total. The molecule has 114 valence electrons. The summed E-state index contributed by atoms with van der Waals surface area (Å²) in [5.41, 5.74) is 0. The number of amides is 1. The van der Waals surface area contributed by atoms with Gasteiger partial charge in [-0.05, 0) is 18.3 Å². The van der Waals surface area contributed by atoms with Crippen LogP contribution in [0.1, 0.15) is 38.5 Å².